The molecule has 0 spiro atoms. The minimum Gasteiger partial charge on any atom is -0.461 e. The van der Waals surface area contributed by atoms with Crippen LogP contribution in [0.4, 0.5) is 0 Å². The van der Waals surface area contributed by atoms with E-state index in [1.165, 1.54) is 12.5 Å². The predicted molar refractivity (Wildman–Crippen MR) is 107 cm³/mol. The van der Waals surface area contributed by atoms with E-state index in [-0.39, 0.29) is 23.4 Å². The van der Waals surface area contributed by atoms with E-state index in [9.17, 15) is 9.59 Å². The molecule has 1 saturated carbocycles. The van der Waals surface area contributed by atoms with Crippen LogP contribution in [-0.4, -0.2) is 11.6 Å². The summed E-state index contributed by atoms with van der Waals surface area (Å²) < 4.78 is 10.8. The molecule has 5 rings (SSSR count). The zero-order chi connectivity index (χ0) is 19.1. The summed E-state index contributed by atoms with van der Waals surface area (Å²) in [6.45, 7) is 0. The maximum Gasteiger partial charge on any atom is 0.202 e. The molecule has 4 atom stereocenters. The van der Waals surface area contributed by atoms with Crippen LogP contribution in [-0.2, 0) is 0 Å². The smallest absolute Gasteiger partial charge is 0.202 e. The Morgan fingerprint density at radius 2 is 1.14 bits per heavy atom. The van der Waals surface area contributed by atoms with Crippen LogP contribution in [0, 0.1) is 11.8 Å². The molecule has 0 N–H and O–H groups in total. The quantitative estimate of drug-likeness (QED) is 0.374. The zero-order valence-corrected chi connectivity index (χ0v) is 16.3. The normalized spacial score (nSPS) is 24.0. The summed E-state index contributed by atoms with van der Waals surface area (Å²) in [6.07, 6.45) is 2.98. The summed E-state index contributed by atoms with van der Waals surface area (Å²) in [5, 5.41) is 4.02. The van der Waals surface area contributed by atoms with E-state index in [2.05, 4.69) is 0 Å². The third-order valence-corrected chi connectivity index (χ3v) is 7.37. The molecular formula is C22H16O4S2. The lowest BCUT2D eigenvalue weighted by Gasteiger charge is -2.49. The SMILES string of the molecule is O=C(c1ccco1)[C@@H]1[C@H](C(=O)c2ccco2)[C@@H](c2cccs2)[C@H]1c1cccs1. The molecule has 28 heavy (non-hydrogen) atoms. The van der Waals surface area contributed by atoms with Crippen LogP contribution in [0.3, 0.4) is 0 Å². The number of Topliss-reactive ketones (excluding diaryl/α,β-unsaturated/α-hetero) is 2. The second-order valence-electron chi connectivity index (χ2n) is 6.82. The molecule has 4 aromatic heterocycles. The first-order valence-corrected chi connectivity index (χ1v) is 10.7. The monoisotopic (exact) mass is 408 g/mol. The Morgan fingerprint density at radius 3 is 1.46 bits per heavy atom. The second kappa shape index (κ2) is 7.04. The summed E-state index contributed by atoms with van der Waals surface area (Å²) in [6, 6.07) is 14.8. The van der Waals surface area contributed by atoms with E-state index < -0.39 is 11.8 Å². The Hall–Kier alpha value is -2.70. The molecule has 0 radical (unpaired) electrons. The minimum absolute atomic E-state index is 0.0554. The highest BCUT2D eigenvalue weighted by molar-refractivity contribution is 7.10. The number of carbonyl (C=O) groups is 2. The van der Waals surface area contributed by atoms with Crippen molar-refractivity contribution in [1.82, 2.24) is 0 Å². The first-order valence-electron chi connectivity index (χ1n) is 8.98. The molecule has 0 amide bonds. The fourth-order valence-corrected chi connectivity index (χ4v) is 6.08. The summed E-state index contributed by atoms with van der Waals surface area (Å²) in [5.74, 6) is -0.714. The Kier molecular flexibility index (Phi) is 4.37. The van der Waals surface area contributed by atoms with Gasteiger partial charge in [0.2, 0.25) is 11.6 Å². The highest BCUT2D eigenvalue weighted by Gasteiger charge is 2.59. The van der Waals surface area contributed by atoms with E-state index in [1.807, 2.05) is 35.0 Å². The van der Waals surface area contributed by atoms with Crippen molar-refractivity contribution in [1.29, 1.82) is 0 Å². The van der Waals surface area contributed by atoms with Crippen molar-refractivity contribution in [2.45, 2.75) is 11.8 Å². The molecule has 1 fully saturated rings. The third-order valence-electron chi connectivity index (χ3n) is 5.42. The summed E-state index contributed by atoms with van der Waals surface area (Å²) in [7, 11) is 0. The van der Waals surface area contributed by atoms with Crippen molar-refractivity contribution in [2.75, 3.05) is 0 Å². The first-order chi connectivity index (χ1) is 13.8. The molecule has 0 unspecified atom stereocenters. The molecule has 0 aromatic carbocycles. The van der Waals surface area contributed by atoms with Crippen molar-refractivity contribution >= 4 is 34.2 Å². The van der Waals surface area contributed by atoms with Crippen molar-refractivity contribution < 1.29 is 18.4 Å². The number of hydrogen-bond acceptors (Lipinski definition) is 6. The van der Waals surface area contributed by atoms with E-state index in [0.717, 1.165) is 9.75 Å². The summed E-state index contributed by atoms with van der Waals surface area (Å²) in [5.41, 5.74) is 0. The minimum atomic E-state index is -0.477. The van der Waals surface area contributed by atoms with Gasteiger partial charge in [0.25, 0.3) is 0 Å². The van der Waals surface area contributed by atoms with E-state index >= 15 is 0 Å². The number of carbonyl (C=O) groups excluding carboxylic acids is 2. The Bertz CT molecular complexity index is 972. The topological polar surface area (TPSA) is 60.4 Å². The van der Waals surface area contributed by atoms with Crippen molar-refractivity contribution in [2.24, 2.45) is 11.8 Å². The van der Waals surface area contributed by atoms with E-state index in [4.69, 9.17) is 8.83 Å². The fraction of sp³-hybridized carbons (Fsp3) is 0.182. The van der Waals surface area contributed by atoms with Crippen LogP contribution in [0.1, 0.15) is 42.7 Å². The van der Waals surface area contributed by atoms with Gasteiger partial charge >= 0.3 is 0 Å². The van der Waals surface area contributed by atoms with E-state index in [1.54, 1.807) is 46.9 Å². The van der Waals surface area contributed by atoms with Gasteiger partial charge in [0.1, 0.15) is 0 Å². The predicted octanol–water partition coefficient (Wildman–Crippen LogP) is 5.87. The lowest BCUT2D eigenvalue weighted by atomic mass is 9.52. The summed E-state index contributed by atoms with van der Waals surface area (Å²) in [4.78, 5) is 28.9. The first kappa shape index (κ1) is 17.4. The highest BCUT2D eigenvalue weighted by atomic mass is 32.1. The van der Waals surface area contributed by atoms with Crippen molar-refractivity contribution in [3.8, 4) is 0 Å². The molecule has 0 aliphatic heterocycles. The van der Waals surface area contributed by atoms with Crippen LogP contribution in [0.2, 0.25) is 0 Å². The van der Waals surface area contributed by atoms with Gasteiger partial charge < -0.3 is 8.83 Å². The number of hydrogen-bond donors (Lipinski definition) is 0. The molecule has 4 aromatic rings. The maximum atomic E-state index is 13.3. The molecule has 1 aliphatic carbocycles. The maximum absolute atomic E-state index is 13.3. The van der Waals surface area contributed by atoms with Gasteiger partial charge in [-0.15, -0.1) is 22.7 Å². The van der Waals surface area contributed by atoms with Crippen LogP contribution >= 0.6 is 22.7 Å². The zero-order valence-electron chi connectivity index (χ0n) is 14.7. The average Bonchev–Trinajstić information content (AvgIpc) is 3.50. The number of furan rings is 2. The van der Waals surface area contributed by atoms with Crippen LogP contribution < -0.4 is 0 Å². The molecule has 0 saturated heterocycles. The lowest BCUT2D eigenvalue weighted by Crippen LogP contribution is -2.50. The van der Waals surface area contributed by atoms with E-state index in [0.29, 0.717) is 11.5 Å². The molecule has 4 nitrogen and oxygen atoms in total. The molecule has 4 heterocycles. The molecule has 6 heteroatoms. The number of thiophene rings is 2. The van der Waals surface area contributed by atoms with Gasteiger partial charge in [0.15, 0.2) is 11.5 Å². The van der Waals surface area contributed by atoms with Gasteiger partial charge in [0, 0.05) is 33.4 Å². The third kappa shape index (κ3) is 2.72. The van der Waals surface area contributed by atoms with Crippen LogP contribution in [0.15, 0.2) is 80.7 Å². The van der Waals surface area contributed by atoms with Gasteiger partial charge in [0.05, 0.1) is 12.5 Å². The molecular weight excluding hydrogens is 392 g/mol. The van der Waals surface area contributed by atoms with Gasteiger partial charge in [-0.1, -0.05) is 12.1 Å². The van der Waals surface area contributed by atoms with Crippen LogP contribution in [0.5, 0.6) is 0 Å². The molecule has 1 aliphatic rings. The molecule has 0 bridgehead atoms. The van der Waals surface area contributed by atoms with Gasteiger partial charge in [-0.3, -0.25) is 9.59 Å². The van der Waals surface area contributed by atoms with Gasteiger partial charge in [-0.2, -0.15) is 0 Å². The number of ketones is 2. The van der Waals surface area contributed by atoms with Gasteiger partial charge in [-0.25, -0.2) is 0 Å². The summed E-state index contributed by atoms with van der Waals surface area (Å²) >= 11 is 3.25. The van der Waals surface area contributed by atoms with Crippen LogP contribution in [0.25, 0.3) is 0 Å². The highest BCUT2D eigenvalue weighted by Crippen LogP contribution is 2.61. The number of rotatable bonds is 6. The fourth-order valence-electron chi connectivity index (χ4n) is 4.24. The lowest BCUT2D eigenvalue weighted by molar-refractivity contribution is 0.0434. The average molecular weight is 409 g/mol. The second-order valence-corrected chi connectivity index (χ2v) is 8.78. The Morgan fingerprint density at radius 1 is 0.679 bits per heavy atom. The van der Waals surface area contributed by atoms with Crippen molar-refractivity contribution in [3.05, 3.63) is 93.1 Å². The Balaban J connectivity index is 1.61. The largest absolute Gasteiger partial charge is 0.461 e. The molecule has 140 valence electrons. The van der Waals surface area contributed by atoms with Crippen molar-refractivity contribution in [3.63, 3.8) is 0 Å². The standard InChI is InChI=1S/C22H16O4S2/c23-21(13-5-1-9-25-13)19-17(15-7-3-11-27-15)18(16-8-4-12-28-16)20(19)22(24)14-6-2-10-26-14/h1-12,17-20H/t17-,18+,19+,20-. The van der Waals surface area contributed by atoms with Gasteiger partial charge in [-0.05, 0) is 47.2 Å². The Labute approximate surface area is 169 Å².